The molecule has 1 aliphatic carbocycles. The summed E-state index contributed by atoms with van der Waals surface area (Å²) in [6.45, 7) is 3.20. The van der Waals surface area contributed by atoms with Gasteiger partial charge in [-0.1, -0.05) is 6.92 Å². The molecular weight excluding hydrogens is 216 g/mol. The molecule has 1 aromatic rings. The van der Waals surface area contributed by atoms with Crippen molar-refractivity contribution < 1.29 is 4.79 Å². The molecule has 0 spiro atoms. The fourth-order valence-electron chi connectivity index (χ4n) is 2.34. The second-order valence-corrected chi connectivity index (χ2v) is 4.46. The topological polar surface area (TPSA) is 59.0 Å². The molecule has 0 aliphatic heterocycles. The molecule has 5 heteroatoms. The van der Waals surface area contributed by atoms with Gasteiger partial charge in [0.2, 0.25) is 5.91 Å². The van der Waals surface area contributed by atoms with E-state index < -0.39 is 0 Å². The molecule has 17 heavy (non-hydrogen) atoms. The van der Waals surface area contributed by atoms with Crippen molar-refractivity contribution in [2.45, 2.75) is 32.2 Å². The fourth-order valence-corrected chi connectivity index (χ4v) is 2.34. The van der Waals surface area contributed by atoms with E-state index in [0.717, 1.165) is 25.8 Å². The summed E-state index contributed by atoms with van der Waals surface area (Å²) < 4.78 is 1.91. The van der Waals surface area contributed by atoms with E-state index in [1.807, 2.05) is 24.9 Å². The summed E-state index contributed by atoms with van der Waals surface area (Å²) in [5.74, 6) is 0.0635. The Bertz CT molecular complexity index is 399. The Labute approximate surface area is 102 Å². The summed E-state index contributed by atoms with van der Waals surface area (Å²) in [6, 6.07) is 0.138. The van der Waals surface area contributed by atoms with Crippen LogP contribution in [0.2, 0.25) is 0 Å². The molecular formula is C12H20N4O. The van der Waals surface area contributed by atoms with Crippen LogP contribution in [0.15, 0.2) is 6.20 Å². The highest BCUT2D eigenvalue weighted by molar-refractivity contribution is 5.78. The van der Waals surface area contributed by atoms with E-state index in [1.165, 1.54) is 11.3 Å². The van der Waals surface area contributed by atoms with E-state index >= 15 is 0 Å². The zero-order valence-electron chi connectivity index (χ0n) is 10.5. The summed E-state index contributed by atoms with van der Waals surface area (Å²) in [5, 5.41) is 10.4. The number of nitrogens with zero attached hydrogens (tertiary/aromatic N) is 2. The lowest BCUT2D eigenvalue weighted by molar-refractivity contribution is -0.121. The predicted molar refractivity (Wildman–Crippen MR) is 65.6 cm³/mol. The molecule has 0 fully saturated rings. The highest BCUT2D eigenvalue weighted by atomic mass is 16.1. The second kappa shape index (κ2) is 5.31. The Balaban J connectivity index is 2.01. The molecule has 0 aromatic carbocycles. The van der Waals surface area contributed by atoms with Crippen LogP contribution in [0.4, 0.5) is 0 Å². The third kappa shape index (κ3) is 2.66. The van der Waals surface area contributed by atoms with E-state index in [9.17, 15) is 4.79 Å². The Kier molecular flexibility index (Phi) is 3.78. The van der Waals surface area contributed by atoms with E-state index in [-0.39, 0.29) is 11.9 Å². The van der Waals surface area contributed by atoms with Gasteiger partial charge in [-0.3, -0.25) is 9.48 Å². The average molecular weight is 236 g/mol. The van der Waals surface area contributed by atoms with Crippen LogP contribution in [0, 0.1) is 0 Å². The van der Waals surface area contributed by atoms with Crippen molar-refractivity contribution in [1.29, 1.82) is 0 Å². The van der Waals surface area contributed by atoms with Crippen molar-refractivity contribution in [2.75, 3.05) is 13.1 Å². The zero-order chi connectivity index (χ0) is 12.3. The normalized spacial score (nSPS) is 18.8. The van der Waals surface area contributed by atoms with Crippen LogP contribution in [0.3, 0.4) is 0 Å². The standard InChI is InChI=1S/C12H20N4O/c1-3-13-8-12(17)15-10-5-4-6-11-9(10)7-14-16(11)2/h7,10,13H,3-6,8H2,1-2H3,(H,15,17). The Morgan fingerprint density at radius 1 is 1.65 bits per heavy atom. The summed E-state index contributed by atoms with van der Waals surface area (Å²) in [7, 11) is 1.96. The molecule has 0 radical (unpaired) electrons. The van der Waals surface area contributed by atoms with Crippen molar-refractivity contribution in [1.82, 2.24) is 20.4 Å². The number of likely N-dealkylation sites (N-methyl/N-ethyl adjacent to an activating group) is 1. The van der Waals surface area contributed by atoms with E-state index in [2.05, 4.69) is 15.7 Å². The SMILES string of the molecule is CCNCC(=O)NC1CCCc2c1cnn2C. The van der Waals surface area contributed by atoms with Crippen molar-refractivity contribution >= 4 is 5.91 Å². The average Bonchev–Trinajstić information content (AvgIpc) is 2.70. The van der Waals surface area contributed by atoms with Gasteiger partial charge in [-0.15, -0.1) is 0 Å². The molecule has 2 rings (SSSR count). The molecule has 1 unspecified atom stereocenters. The minimum absolute atomic E-state index is 0.0635. The lowest BCUT2D eigenvalue weighted by Gasteiger charge is -2.23. The van der Waals surface area contributed by atoms with Crippen molar-refractivity contribution in [3.05, 3.63) is 17.5 Å². The molecule has 2 N–H and O–H groups in total. The molecule has 1 atom stereocenters. The van der Waals surface area contributed by atoms with Crippen LogP contribution in [0.1, 0.15) is 37.1 Å². The van der Waals surface area contributed by atoms with E-state index in [4.69, 9.17) is 0 Å². The van der Waals surface area contributed by atoms with Gasteiger partial charge in [-0.05, 0) is 25.8 Å². The largest absolute Gasteiger partial charge is 0.348 e. The number of carbonyl (C=O) groups excluding carboxylic acids is 1. The van der Waals surface area contributed by atoms with Crippen molar-refractivity contribution in [3.8, 4) is 0 Å². The lowest BCUT2D eigenvalue weighted by Crippen LogP contribution is -2.37. The summed E-state index contributed by atoms with van der Waals surface area (Å²) in [5.41, 5.74) is 2.44. The molecule has 1 amide bonds. The van der Waals surface area contributed by atoms with Crippen LogP contribution < -0.4 is 10.6 Å². The van der Waals surface area contributed by atoms with Crippen LogP contribution in [-0.2, 0) is 18.3 Å². The number of hydrogen-bond acceptors (Lipinski definition) is 3. The summed E-state index contributed by atoms with van der Waals surface area (Å²) >= 11 is 0. The van der Waals surface area contributed by atoms with Gasteiger partial charge in [0.1, 0.15) is 0 Å². The zero-order valence-corrected chi connectivity index (χ0v) is 10.5. The minimum atomic E-state index is 0.0635. The van der Waals surface area contributed by atoms with Gasteiger partial charge in [-0.25, -0.2) is 0 Å². The minimum Gasteiger partial charge on any atom is -0.348 e. The maximum absolute atomic E-state index is 11.7. The quantitative estimate of drug-likeness (QED) is 0.801. The Hall–Kier alpha value is -1.36. The first-order valence-corrected chi connectivity index (χ1v) is 6.23. The molecule has 1 aliphatic rings. The number of nitrogens with one attached hydrogen (secondary N) is 2. The van der Waals surface area contributed by atoms with Crippen LogP contribution >= 0.6 is 0 Å². The van der Waals surface area contributed by atoms with Gasteiger partial charge in [0, 0.05) is 18.3 Å². The summed E-state index contributed by atoms with van der Waals surface area (Å²) in [4.78, 5) is 11.7. The van der Waals surface area contributed by atoms with Crippen molar-refractivity contribution in [2.24, 2.45) is 7.05 Å². The van der Waals surface area contributed by atoms with Crippen LogP contribution in [0.5, 0.6) is 0 Å². The number of amides is 1. The van der Waals surface area contributed by atoms with Gasteiger partial charge >= 0.3 is 0 Å². The Morgan fingerprint density at radius 2 is 2.47 bits per heavy atom. The van der Waals surface area contributed by atoms with Crippen molar-refractivity contribution in [3.63, 3.8) is 0 Å². The highest BCUT2D eigenvalue weighted by Gasteiger charge is 2.24. The van der Waals surface area contributed by atoms with E-state index in [1.54, 1.807) is 0 Å². The maximum Gasteiger partial charge on any atom is 0.234 e. The molecule has 1 aromatic heterocycles. The first-order valence-electron chi connectivity index (χ1n) is 6.23. The second-order valence-electron chi connectivity index (χ2n) is 4.46. The first kappa shape index (κ1) is 12.1. The van der Waals surface area contributed by atoms with Gasteiger partial charge in [0.15, 0.2) is 0 Å². The molecule has 1 heterocycles. The van der Waals surface area contributed by atoms with Crippen LogP contribution in [0.25, 0.3) is 0 Å². The number of rotatable bonds is 4. The van der Waals surface area contributed by atoms with Gasteiger partial charge in [-0.2, -0.15) is 5.10 Å². The highest BCUT2D eigenvalue weighted by Crippen LogP contribution is 2.28. The number of aromatic nitrogens is 2. The van der Waals surface area contributed by atoms with Gasteiger partial charge in [0.25, 0.3) is 0 Å². The number of hydrogen-bond donors (Lipinski definition) is 2. The predicted octanol–water partition coefficient (Wildman–Crippen LogP) is 0.523. The fraction of sp³-hybridized carbons (Fsp3) is 0.667. The van der Waals surface area contributed by atoms with Gasteiger partial charge < -0.3 is 10.6 Å². The first-order chi connectivity index (χ1) is 8.22. The summed E-state index contributed by atoms with van der Waals surface area (Å²) in [6.07, 6.45) is 5.06. The lowest BCUT2D eigenvalue weighted by atomic mass is 9.93. The number of fused-ring (bicyclic) bond motifs is 1. The monoisotopic (exact) mass is 236 g/mol. The third-order valence-electron chi connectivity index (χ3n) is 3.25. The van der Waals surface area contributed by atoms with Crippen LogP contribution in [-0.4, -0.2) is 28.8 Å². The Morgan fingerprint density at radius 3 is 3.24 bits per heavy atom. The van der Waals surface area contributed by atoms with Gasteiger partial charge in [0.05, 0.1) is 18.8 Å². The molecule has 0 saturated carbocycles. The smallest absolute Gasteiger partial charge is 0.234 e. The molecule has 0 saturated heterocycles. The maximum atomic E-state index is 11.7. The molecule has 5 nitrogen and oxygen atoms in total. The number of aryl methyl sites for hydroxylation is 1. The van der Waals surface area contributed by atoms with E-state index in [0.29, 0.717) is 6.54 Å². The third-order valence-corrected chi connectivity index (χ3v) is 3.25. The number of carbonyl (C=O) groups is 1. The molecule has 0 bridgehead atoms. The molecule has 94 valence electrons.